The van der Waals surface area contributed by atoms with Gasteiger partial charge in [0.2, 0.25) is 5.95 Å². The van der Waals surface area contributed by atoms with Crippen LogP contribution >= 0.6 is 0 Å². The quantitative estimate of drug-likeness (QED) is 0.849. The van der Waals surface area contributed by atoms with Crippen LogP contribution in [0.5, 0.6) is 5.75 Å². The number of amides is 1. The van der Waals surface area contributed by atoms with Crippen molar-refractivity contribution in [1.82, 2.24) is 9.97 Å². The molecule has 0 unspecified atom stereocenters. The Balaban J connectivity index is 2.60. The molecule has 0 radical (unpaired) electrons. The van der Waals surface area contributed by atoms with Crippen molar-refractivity contribution >= 4 is 11.9 Å². The number of carbonyl (C=O) groups excluding carboxylic acids is 1. The van der Waals surface area contributed by atoms with Gasteiger partial charge in [-0.1, -0.05) is 12.1 Å². The maximum absolute atomic E-state index is 11.6. The lowest BCUT2D eigenvalue weighted by Gasteiger charge is -2.20. The van der Waals surface area contributed by atoms with E-state index in [1.165, 1.54) is 0 Å². The normalized spacial score (nSPS) is 10.4. The molecule has 2 N–H and O–H groups in total. The number of aromatic nitrogens is 2. The fourth-order valence-electron chi connectivity index (χ4n) is 2.31. The van der Waals surface area contributed by atoms with Crippen LogP contribution in [0, 0.1) is 0 Å². The Morgan fingerprint density at radius 1 is 1.17 bits per heavy atom. The lowest BCUT2D eigenvalue weighted by atomic mass is 10.1. The number of nitrogens with zero attached hydrogens (tertiary/aromatic N) is 3. The number of primary amides is 1. The minimum Gasteiger partial charge on any atom is -0.493 e. The summed E-state index contributed by atoms with van der Waals surface area (Å²) in [5, 5.41) is 0. The summed E-state index contributed by atoms with van der Waals surface area (Å²) < 4.78 is 5.65. The number of carbonyl (C=O) groups is 1. The zero-order chi connectivity index (χ0) is 16.8. The van der Waals surface area contributed by atoms with Gasteiger partial charge in [-0.2, -0.15) is 0 Å². The summed E-state index contributed by atoms with van der Waals surface area (Å²) in [6, 6.07) is 9.19. The highest BCUT2D eigenvalue weighted by Crippen LogP contribution is 2.29. The van der Waals surface area contributed by atoms with E-state index in [9.17, 15) is 4.79 Å². The van der Waals surface area contributed by atoms with Crippen LogP contribution in [0.3, 0.4) is 0 Å². The largest absolute Gasteiger partial charge is 0.493 e. The molecule has 0 saturated heterocycles. The van der Waals surface area contributed by atoms with E-state index in [1.54, 1.807) is 6.07 Å². The Hall–Kier alpha value is -2.63. The van der Waals surface area contributed by atoms with Crippen molar-refractivity contribution in [2.45, 2.75) is 20.8 Å². The third kappa shape index (κ3) is 3.77. The number of benzene rings is 1. The molecule has 0 aliphatic carbocycles. The van der Waals surface area contributed by atoms with E-state index >= 15 is 0 Å². The Labute approximate surface area is 136 Å². The third-order valence-corrected chi connectivity index (χ3v) is 3.48. The molecule has 23 heavy (non-hydrogen) atoms. The number of hydrogen-bond acceptors (Lipinski definition) is 5. The second-order valence-corrected chi connectivity index (χ2v) is 4.90. The van der Waals surface area contributed by atoms with Crippen LogP contribution in [0.2, 0.25) is 0 Å². The number of hydrogen-bond donors (Lipinski definition) is 1. The topological polar surface area (TPSA) is 81.3 Å². The molecule has 0 atom stereocenters. The molecule has 6 heteroatoms. The van der Waals surface area contributed by atoms with Crippen molar-refractivity contribution in [2.75, 3.05) is 24.6 Å². The number of nitrogens with two attached hydrogens (primary N) is 1. The van der Waals surface area contributed by atoms with E-state index in [2.05, 4.69) is 9.97 Å². The molecule has 0 fully saturated rings. The van der Waals surface area contributed by atoms with Gasteiger partial charge in [0.1, 0.15) is 11.4 Å². The lowest BCUT2D eigenvalue weighted by molar-refractivity contribution is 0.0995. The average molecular weight is 314 g/mol. The van der Waals surface area contributed by atoms with E-state index in [4.69, 9.17) is 10.5 Å². The summed E-state index contributed by atoms with van der Waals surface area (Å²) >= 11 is 0. The Morgan fingerprint density at radius 2 is 1.87 bits per heavy atom. The van der Waals surface area contributed by atoms with Crippen molar-refractivity contribution in [3.05, 3.63) is 36.0 Å². The molecule has 0 spiro atoms. The van der Waals surface area contributed by atoms with Crippen LogP contribution in [0.4, 0.5) is 5.95 Å². The fraction of sp³-hybridized carbons (Fsp3) is 0.353. The predicted octanol–water partition coefficient (Wildman–Crippen LogP) is 2.49. The van der Waals surface area contributed by atoms with E-state index in [0.717, 1.165) is 24.4 Å². The molecule has 6 nitrogen and oxygen atoms in total. The van der Waals surface area contributed by atoms with Crippen molar-refractivity contribution in [1.29, 1.82) is 0 Å². The maximum Gasteiger partial charge on any atom is 0.267 e. The zero-order valence-electron chi connectivity index (χ0n) is 13.7. The summed E-state index contributed by atoms with van der Waals surface area (Å²) in [5.41, 5.74) is 7.07. The third-order valence-electron chi connectivity index (χ3n) is 3.48. The molecule has 2 rings (SSSR count). The fourth-order valence-corrected chi connectivity index (χ4v) is 2.31. The first kappa shape index (κ1) is 16.7. The van der Waals surface area contributed by atoms with Crippen LogP contribution in [0.25, 0.3) is 11.3 Å². The van der Waals surface area contributed by atoms with E-state index < -0.39 is 5.91 Å². The van der Waals surface area contributed by atoms with Crippen LogP contribution in [-0.2, 0) is 0 Å². The van der Waals surface area contributed by atoms with Gasteiger partial charge in [-0.15, -0.1) is 0 Å². The Bertz CT molecular complexity index is 684. The standard InChI is InChI=1S/C17H22N4O2/c1-4-21(5-2)17-19-13(11-14(20-17)16(18)22)12-9-7-8-10-15(12)23-6-3/h7-11H,4-6H2,1-3H3,(H2,18,22). The van der Waals surface area contributed by atoms with Crippen molar-refractivity contribution in [3.63, 3.8) is 0 Å². The minimum absolute atomic E-state index is 0.197. The van der Waals surface area contributed by atoms with Gasteiger partial charge in [0.25, 0.3) is 5.91 Å². The molecule has 1 amide bonds. The number of anilines is 1. The van der Waals surface area contributed by atoms with Gasteiger partial charge in [-0.25, -0.2) is 9.97 Å². The average Bonchev–Trinajstić information content (AvgIpc) is 2.56. The second-order valence-electron chi connectivity index (χ2n) is 4.90. The van der Waals surface area contributed by atoms with Gasteiger partial charge < -0.3 is 15.4 Å². The van der Waals surface area contributed by atoms with Crippen LogP contribution in [0.15, 0.2) is 30.3 Å². The first-order chi connectivity index (χ1) is 11.1. The molecule has 2 aromatic rings. The smallest absolute Gasteiger partial charge is 0.267 e. The summed E-state index contributed by atoms with van der Waals surface area (Å²) in [5.74, 6) is 0.637. The molecule has 0 aliphatic rings. The minimum atomic E-state index is -0.573. The molecule has 0 saturated carbocycles. The SMILES string of the molecule is CCOc1ccccc1-c1cc(C(N)=O)nc(N(CC)CC)n1. The highest BCUT2D eigenvalue weighted by Gasteiger charge is 2.15. The molecular formula is C17H22N4O2. The number of rotatable bonds is 7. The molecule has 0 bridgehead atoms. The predicted molar refractivity (Wildman–Crippen MR) is 90.7 cm³/mol. The van der Waals surface area contributed by atoms with Gasteiger partial charge in [0.15, 0.2) is 0 Å². The molecule has 1 aromatic heterocycles. The van der Waals surface area contributed by atoms with E-state index in [0.29, 0.717) is 18.2 Å². The maximum atomic E-state index is 11.6. The molecule has 1 aromatic carbocycles. The second kappa shape index (κ2) is 7.58. The number of para-hydroxylation sites is 1. The van der Waals surface area contributed by atoms with Crippen LogP contribution in [-0.4, -0.2) is 35.6 Å². The first-order valence-corrected chi connectivity index (χ1v) is 7.76. The van der Waals surface area contributed by atoms with E-state index in [-0.39, 0.29) is 5.69 Å². The zero-order valence-corrected chi connectivity index (χ0v) is 13.7. The lowest BCUT2D eigenvalue weighted by Crippen LogP contribution is -2.26. The van der Waals surface area contributed by atoms with Crippen LogP contribution < -0.4 is 15.4 Å². The van der Waals surface area contributed by atoms with Crippen LogP contribution in [0.1, 0.15) is 31.3 Å². The summed E-state index contributed by atoms with van der Waals surface area (Å²) in [7, 11) is 0. The van der Waals surface area contributed by atoms with Gasteiger partial charge in [0.05, 0.1) is 12.3 Å². The van der Waals surface area contributed by atoms with Crippen molar-refractivity contribution in [3.8, 4) is 17.0 Å². The van der Waals surface area contributed by atoms with Gasteiger partial charge >= 0.3 is 0 Å². The Morgan fingerprint density at radius 3 is 2.48 bits per heavy atom. The summed E-state index contributed by atoms with van der Waals surface area (Å²) in [6.07, 6.45) is 0. The van der Waals surface area contributed by atoms with Gasteiger partial charge in [-0.05, 0) is 39.0 Å². The molecule has 1 heterocycles. The van der Waals surface area contributed by atoms with Crippen molar-refractivity contribution < 1.29 is 9.53 Å². The highest BCUT2D eigenvalue weighted by molar-refractivity contribution is 5.92. The molecular weight excluding hydrogens is 292 g/mol. The monoisotopic (exact) mass is 314 g/mol. The van der Waals surface area contributed by atoms with Crippen molar-refractivity contribution in [2.24, 2.45) is 5.73 Å². The van der Waals surface area contributed by atoms with Gasteiger partial charge in [0, 0.05) is 18.7 Å². The molecule has 122 valence electrons. The van der Waals surface area contributed by atoms with Gasteiger partial charge in [-0.3, -0.25) is 4.79 Å². The Kier molecular flexibility index (Phi) is 5.51. The van der Waals surface area contributed by atoms with E-state index in [1.807, 2.05) is 49.9 Å². The summed E-state index contributed by atoms with van der Waals surface area (Å²) in [4.78, 5) is 22.5. The first-order valence-electron chi connectivity index (χ1n) is 7.76. The number of ether oxygens (including phenoxy) is 1. The highest BCUT2D eigenvalue weighted by atomic mass is 16.5. The summed E-state index contributed by atoms with van der Waals surface area (Å²) in [6.45, 7) is 7.98. The molecule has 0 aliphatic heterocycles.